The van der Waals surface area contributed by atoms with Gasteiger partial charge in [-0.3, -0.25) is 9.69 Å². The first-order chi connectivity index (χ1) is 24.7. The van der Waals surface area contributed by atoms with Crippen molar-refractivity contribution in [1.29, 1.82) is 0 Å². The van der Waals surface area contributed by atoms with Crippen LogP contribution in [0.3, 0.4) is 0 Å². The average molecular weight is 685 g/mol. The van der Waals surface area contributed by atoms with Crippen LogP contribution in [-0.4, -0.2) is 42.2 Å². The zero-order valence-corrected chi connectivity index (χ0v) is 29.4. The van der Waals surface area contributed by atoms with Gasteiger partial charge in [0, 0.05) is 41.2 Å². The van der Waals surface area contributed by atoms with Crippen molar-refractivity contribution in [3.8, 4) is 11.8 Å². The van der Waals surface area contributed by atoms with Crippen molar-refractivity contribution in [3.63, 3.8) is 0 Å². The van der Waals surface area contributed by atoms with Gasteiger partial charge in [-0.2, -0.15) is 4.98 Å². The van der Waals surface area contributed by atoms with Gasteiger partial charge in [-0.25, -0.2) is 4.79 Å². The molecule has 0 unspecified atom stereocenters. The van der Waals surface area contributed by atoms with Crippen LogP contribution in [0.5, 0.6) is 11.8 Å². The molecule has 0 saturated carbocycles. The number of anilines is 3. The molecule has 0 atom stereocenters. The number of nitrogens with one attached hydrogen (secondary N) is 1. The molecule has 2 amide bonds. The molecule has 1 saturated heterocycles. The second-order valence-corrected chi connectivity index (χ2v) is 14.2. The van der Waals surface area contributed by atoms with Crippen molar-refractivity contribution in [3.05, 3.63) is 120 Å². The lowest BCUT2D eigenvalue weighted by Crippen LogP contribution is -2.41. The summed E-state index contributed by atoms with van der Waals surface area (Å²) in [6.07, 6.45) is 2.49. The normalized spacial score (nSPS) is 14.5. The van der Waals surface area contributed by atoms with E-state index < -0.39 is 0 Å². The van der Waals surface area contributed by atoms with Crippen molar-refractivity contribution in [1.82, 2.24) is 10.3 Å². The van der Waals surface area contributed by atoms with E-state index in [1.807, 2.05) is 106 Å². The van der Waals surface area contributed by atoms with Crippen molar-refractivity contribution < 1.29 is 23.8 Å². The number of ether oxygens (including phenoxy) is 3. The zero-order chi connectivity index (χ0) is 35.4. The predicted molar refractivity (Wildman–Crippen MR) is 200 cm³/mol. The quantitative estimate of drug-likeness (QED) is 0.149. The number of nitrogens with zero attached hydrogens (tertiary/aromatic N) is 3. The third kappa shape index (κ3) is 7.77. The van der Waals surface area contributed by atoms with Gasteiger partial charge in [0.1, 0.15) is 18.9 Å². The molecule has 2 aliphatic rings. The highest BCUT2D eigenvalue weighted by Gasteiger charge is 2.35. The Bertz CT molecular complexity index is 2000. The topological polar surface area (TPSA) is 93.2 Å². The highest BCUT2D eigenvalue weighted by Crippen LogP contribution is 2.47. The molecule has 5 aromatic rings. The fourth-order valence-corrected chi connectivity index (χ4v) is 6.84. The zero-order valence-electron chi connectivity index (χ0n) is 29.4. The Balaban J connectivity index is 1.11. The molecule has 1 fully saturated rings. The van der Waals surface area contributed by atoms with Crippen molar-refractivity contribution in [2.45, 2.75) is 58.8 Å². The van der Waals surface area contributed by atoms with E-state index in [-0.39, 0.29) is 17.5 Å². The molecule has 7 rings (SSSR count). The number of rotatable bonds is 11. The van der Waals surface area contributed by atoms with Crippen LogP contribution in [0, 0.1) is 5.92 Å². The predicted octanol–water partition coefficient (Wildman–Crippen LogP) is 8.82. The molecule has 2 aliphatic heterocycles. The number of amides is 2. The van der Waals surface area contributed by atoms with Gasteiger partial charge in [-0.15, -0.1) is 0 Å². The molecule has 0 aliphatic carbocycles. The smallest absolute Gasteiger partial charge is 0.407 e. The lowest BCUT2D eigenvalue weighted by molar-refractivity contribution is 0.100. The van der Waals surface area contributed by atoms with E-state index in [0.29, 0.717) is 48.7 Å². The van der Waals surface area contributed by atoms with Gasteiger partial charge in [0.25, 0.3) is 5.91 Å². The number of hydrogen-bond donors (Lipinski definition) is 1. The fraction of sp³-hybridized carbons (Fsp3) is 0.310. The lowest BCUT2D eigenvalue weighted by Gasteiger charge is -2.34. The maximum absolute atomic E-state index is 14.2. The van der Waals surface area contributed by atoms with Crippen LogP contribution < -0.4 is 24.6 Å². The molecule has 1 aromatic heterocycles. The van der Waals surface area contributed by atoms with E-state index in [1.165, 1.54) is 0 Å². The summed E-state index contributed by atoms with van der Waals surface area (Å²) >= 11 is 0. The Morgan fingerprint density at radius 3 is 2.12 bits per heavy atom. The van der Waals surface area contributed by atoms with Crippen LogP contribution in [0.1, 0.15) is 61.5 Å². The molecule has 3 heterocycles. The molecule has 0 radical (unpaired) electrons. The number of hydrogen-bond acceptors (Lipinski definition) is 7. The van der Waals surface area contributed by atoms with Crippen LogP contribution >= 0.6 is 0 Å². The fourth-order valence-electron chi connectivity index (χ4n) is 6.84. The third-order valence-corrected chi connectivity index (χ3v) is 9.37. The minimum absolute atomic E-state index is 0.119. The van der Waals surface area contributed by atoms with Gasteiger partial charge < -0.3 is 24.4 Å². The van der Waals surface area contributed by atoms with Gasteiger partial charge in [-0.05, 0) is 81.3 Å². The second kappa shape index (κ2) is 14.7. The summed E-state index contributed by atoms with van der Waals surface area (Å²) in [7, 11) is 0. The number of alkyl carbamates (subject to hydrolysis) is 1. The molecule has 0 bridgehead atoms. The molecule has 0 spiro atoms. The Morgan fingerprint density at radius 1 is 0.784 bits per heavy atom. The number of carbonyl (C=O) groups excluding carboxylic acids is 2. The molecule has 51 heavy (non-hydrogen) atoms. The average Bonchev–Trinajstić information content (AvgIpc) is 3.42. The van der Waals surface area contributed by atoms with E-state index in [0.717, 1.165) is 65.6 Å². The highest BCUT2D eigenvalue weighted by molar-refractivity contribution is 6.29. The molecule has 9 heteroatoms. The van der Waals surface area contributed by atoms with Crippen molar-refractivity contribution >= 4 is 39.8 Å². The second-order valence-electron chi connectivity index (χ2n) is 14.2. The van der Waals surface area contributed by atoms with Crippen molar-refractivity contribution in [2.75, 3.05) is 29.5 Å². The highest BCUT2D eigenvalue weighted by atomic mass is 16.5. The third-order valence-electron chi connectivity index (χ3n) is 9.37. The SMILES string of the molecule is CC(C)(C)NC(=O)OCCC1CCN(c2ccc3c4c(cccc24)C(=O)N3c2ccc(OCc3ccccc3)nc2OCc2ccccc2)CC1. The summed E-state index contributed by atoms with van der Waals surface area (Å²) in [5.74, 6) is 1.11. The Labute approximate surface area is 299 Å². The molecule has 262 valence electrons. The van der Waals surface area contributed by atoms with Gasteiger partial charge in [0.05, 0.1) is 17.9 Å². The first-order valence-corrected chi connectivity index (χ1v) is 17.7. The van der Waals surface area contributed by atoms with Crippen LogP contribution in [0.2, 0.25) is 0 Å². The van der Waals surface area contributed by atoms with Crippen LogP contribution in [0.4, 0.5) is 21.9 Å². The monoisotopic (exact) mass is 684 g/mol. The number of carbonyl (C=O) groups is 2. The van der Waals surface area contributed by atoms with E-state index in [4.69, 9.17) is 19.2 Å². The van der Waals surface area contributed by atoms with E-state index >= 15 is 0 Å². The minimum Gasteiger partial charge on any atom is -0.473 e. The minimum atomic E-state index is -0.366. The van der Waals surface area contributed by atoms with Gasteiger partial charge in [0.2, 0.25) is 11.8 Å². The summed E-state index contributed by atoms with van der Waals surface area (Å²) < 4.78 is 17.8. The van der Waals surface area contributed by atoms with Gasteiger partial charge in [-0.1, -0.05) is 72.8 Å². The summed E-state index contributed by atoms with van der Waals surface area (Å²) in [5.41, 5.74) is 4.84. The number of benzene rings is 4. The first-order valence-electron chi connectivity index (χ1n) is 17.7. The lowest BCUT2D eigenvalue weighted by atomic mass is 9.93. The Hall–Kier alpha value is -5.57. The van der Waals surface area contributed by atoms with Gasteiger partial charge in [0.15, 0.2) is 0 Å². The van der Waals surface area contributed by atoms with E-state index in [9.17, 15) is 9.59 Å². The van der Waals surface area contributed by atoms with Gasteiger partial charge >= 0.3 is 6.09 Å². The first kappa shape index (κ1) is 33.9. The molecular formula is C42H44N4O5. The van der Waals surface area contributed by atoms with E-state index in [1.54, 1.807) is 11.0 Å². The standard InChI is InChI=1S/C42H44N4O5/c1-42(2,3)44-41(48)49-26-23-29-21-24-45(25-22-29)34-17-18-35-38-32(34)15-10-16-33(38)40(47)46(35)36-19-20-37(50-27-30-11-6-4-7-12-30)43-39(36)51-28-31-13-8-5-9-14-31/h4-20,29H,21-28H2,1-3H3,(H,44,48). The molecule has 4 aromatic carbocycles. The summed E-state index contributed by atoms with van der Waals surface area (Å²) in [6.45, 7) is 8.66. The van der Waals surface area contributed by atoms with Crippen molar-refractivity contribution in [2.24, 2.45) is 5.92 Å². The van der Waals surface area contributed by atoms with E-state index in [2.05, 4.69) is 22.3 Å². The van der Waals surface area contributed by atoms with Crippen LogP contribution in [0.15, 0.2) is 103 Å². The Morgan fingerprint density at radius 2 is 1.43 bits per heavy atom. The van der Waals surface area contributed by atoms with Crippen LogP contribution in [0.25, 0.3) is 10.8 Å². The van der Waals surface area contributed by atoms with Crippen LogP contribution in [-0.2, 0) is 18.0 Å². The maximum atomic E-state index is 14.2. The number of piperidine rings is 1. The summed E-state index contributed by atoms with van der Waals surface area (Å²) in [4.78, 5) is 35.2. The summed E-state index contributed by atoms with van der Waals surface area (Å²) in [6, 6.07) is 33.6. The largest absolute Gasteiger partial charge is 0.473 e. The molecular weight excluding hydrogens is 640 g/mol. The summed E-state index contributed by atoms with van der Waals surface area (Å²) in [5, 5.41) is 4.82. The Kier molecular flexibility index (Phi) is 9.79. The molecule has 9 nitrogen and oxygen atoms in total. The number of aromatic nitrogens is 1. The number of pyridine rings is 1. The maximum Gasteiger partial charge on any atom is 0.407 e. The molecule has 1 N–H and O–H groups in total.